The average Bonchev–Trinajstić information content (AvgIpc) is 2.67. The largest absolute Gasteiger partial charge is 0.379 e. The molecule has 0 aliphatic heterocycles. The number of unbranched alkanes of at least 4 members (excludes halogenated alkanes) is 1. The average molecular weight is 282 g/mol. The number of rotatable bonds is 6. The summed E-state index contributed by atoms with van der Waals surface area (Å²) in [5, 5.41) is 0.645. The molecule has 0 unspecified atom stereocenters. The zero-order valence-corrected chi connectivity index (χ0v) is 12.2. The lowest BCUT2D eigenvalue weighted by Gasteiger charge is -2.09. The first-order chi connectivity index (χ1) is 9.09. The van der Waals surface area contributed by atoms with Gasteiger partial charge in [0.1, 0.15) is 5.52 Å². The molecule has 0 amide bonds. The van der Waals surface area contributed by atoms with Crippen molar-refractivity contribution in [2.24, 2.45) is 0 Å². The fourth-order valence-electron chi connectivity index (χ4n) is 2.06. The Morgan fingerprint density at radius 2 is 2.16 bits per heavy atom. The van der Waals surface area contributed by atoms with E-state index in [1.807, 2.05) is 36.6 Å². The molecule has 1 aromatic carbocycles. The predicted molar refractivity (Wildman–Crippen MR) is 79.5 cm³/mol. The van der Waals surface area contributed by atoms with Gasteiger partial charge < -0.3 is 15.0 Å². The number of hydrogen-bond donors (Lipinski definition) is 1. The van der Waals surface area contributed by atoms with Gasteiger partial charge in [0.25, 0.3) is 0 Å². The molecule has 2 rings (SSSR count). The number of imidazole rings is 1. The van der Waals surface area contributed by atoms with Gasteiger partial charge in [-0.2, -0.15) is 0 Å². The van der Waals surface area contributed by atoms with E-state index < -0.39 is 0 Å². The van der Waals surface area contributed by atoms with E-state index in [4.69, 9.17) is 22.1 Å². The Morgan fingerprint density at radius 3 is 2.89 bits per heavy atom. The number of nitrogens with two attached hydrogens (primary N) is 1. The number of para-hydroxylation sites is 1. The Balaban J connectivity index is 2.01. The smallest absolute Gasteiger partial charge is 0.201 e. The molecular weight excluding hydrogens is 262 g/mol. The Labute approximate surface area is 118 Å². The van der Waals surface area contributed by atoms with Crippen LogP contribution in [-0.2, 0) is 11.3 Å². The number of ether oxygens (including phenoxy) is 1. The van der Waals surface area contributed by atoms with Crippen LogP contribution in [0.15, 0.2) is 18.2 Å². The van der Waals surface area contributed by atoms with E-state index in [0.717, 1.165) is 37.0 Å². The van der Waals surface area contributed by atoms with Crippen molar-refractivity contribution in [3.8, 4) is 0 Å². The highest BCUT2D eigenvalue weighted by Crippen LogP contribution is 2.25. The fourth-order valence-corrected chi connectivity index (χ4v) is 2.27. The summed E-state index contributed by atoms with van der Waals surface area (Å²) in [6.07, 6.45) is 2.31. The second-order valence-electron chi connectivity index (χ2n) is 4.86. The van der Waals surface area contributed by atoms with Crippen molar-refractivity contribution in [2.45, 2.75) is 39.3 Å². The number of halogens is 1. The summed E-state index contributed by atoms with van der Waals surface area (Å²) in [6, 6.07) is 5.75. The standard InChI is InChI=1S/C14H20ClN3O/c1-10(2)19-9-4-3-8-18-12-7-5-6-11(15)13(12)17-14(18)16/h5-7,10H,3-4,8-9H2,1-2H3,(H2,16,17). The first-order valence-corrected chi connectivity index (χ1v) is 6.99. The number of anilines is 1. The molecule has 2 N–H and O–H groups in total. The van der Waals surface area contributed by atoms with Gasteiger partial charge >= 0.3 is 0 Å². The molecule has 1 heterocycles. The summed E-state index contributed by atoms with van der Waals surface area (Å²) in [6.45, 7) is 5.71. The van der Waals surface area contributed by atoms with E-state index in [9.17, 15) is 0 Å². The van der Waals surface area contributed by atoms with Gasteiger partial charge in [0.15, 0.2) is 0 Å². The zero-order chi connectivity index (χ0) is 13.8. The van der Waals surface area contributed by atoms with E-state index in [0.29, 0.717) is 11.0 Å². The molecular formula is C14H20ClN3O. The van der Waals surface area contributed by atoms with Gasteiger partial charge in [-0.3, -0.25) is 0 Å². The van der Waals surface area contributed by atoms with Crippen LogP contribution in [0.4, 0.5) is 5.95 Å². The molecule has 0 spiro atoms. The lowest BCUT2D eigenvalue weighted by Crippen LogP contribution is -2.07. The van der Waals surface area contributed by atoms with Crippen LogP contribution in [0.25, 0.3) is 11.0 Å². The van der Waals surface area contributed by atoms with E-state index in [-0.39, 0.29) is 6.10 Å². The SMILES string of the molecule is CC(C)OCCCCn1c(N)nc2c(Cl)cccc21. The molecule has 104 valence electrons. The van der Waals surface area contributed by atoms with Gasteiger partial charge in [-0.15, -0.1) is 0 Å². The van der Waals surface area contributed by atoms with Crippen LogP contribution < -0.4 is 5.73 Å². The molecule has 0 radical (unpaired) electrons. The highest BCUT2D eigenvalue weighted by molar-refractivity contribution is 6.35. The monoisotopic (exact) mass is 281 g/mol. The van der Waals surface area contributed by atoms with Crippen LogP contribution >= 0.6 is 11.6 Å². The first kappa shape index (κ1) is 14.2. The normalized spacial score (nSPS) is 11.6. The van der Waals surface area contributed by atoms with Gasteiger partial charge in [0.2, 0.25) is 5.95 Å². The van der Waals surface area contributed by atoms with Crippen molar-refractivity contribution in [1.82, 2.24) is 9.55 Å². The Bertz CT molecular complexity index is 551. The molecule has 0 aliphatic carbocycles. The van der Waals surface area contributed by atoms with Crippen molar-refractivity contribution in [3.05, 3.63) is 23.2 Å². The molecule has 0 atom stereocenters. The molecule has 0 saturated heterocycles. The quantitative estimate of drug-likeness (QED) is 0.825. The van der Waals surface area contributed by atoms with Gasteiger partial charge in [-0.25, -0.2) is 4.98 Å². The van der Waals surface area contributed by atoms with Crippen molar-refractivity contribution in [1.29, 1.82) is 0 Å². The third-order valence-electron chi connectivity index (χ3n) is 2.99. The molecule has 1 aromatic heterocycles. The molecule has 19 heavy (non-hydrogen) atoms. The maximum absolute atomic E-state index is 6.11. The third kappa shape index (κ3) is 3.39. The van der Waals surface area contributed by atoms with Crippen LogP contribution in [0, 0.1) is 0 Å². The number of benzene rings is 1. The minimum absolute atomic E-state index is 0.290. The lowest BCUT2D eigenvalue weighted by atomic mass is 10.3. The minimum atomic E-state index is 0.290. The van der Waals surface area contributed by atoms with E-state index >= 15 is 0 Å². The number of aromatic nitrogens is 2. The van der Waals surface area contributed by atoms with Crippen molar-refractivity contribution in [2.75, 3.05) is 12.3 Å². The molecule has 0 bridgehead atoms. The highest BCUT2D eigenvalue weighted by Gasteiger charge is 2.09. The summed E-state index contributed by atoms with van der Waals surface area (Å²) < 4.78 is 7.53. The second-order valence-corrected chi connectivity index (χ2v) is 5.26. The molecule has 0 aliphatic rings. The van der Waals surface area contributed by atoms with Gasteiger partial charge in [-0.05, 0) is 38.8 Å². The van der Waals surface area contributed by atoms with E-state index in [1.165, 1.54) is 0 Å². The summed E-state index contributed by atoms with van der Waals surface area (Å²) in [5.41, 5.74) is 7.72. The highest BCUT2D eigenvalue weighted by atomic mass is 35.5. The number of nitrogen functional groups attached to an aromatic ring is 1. The molecule has 0 saturated carbocycles. The van der Waals surface area contributed by atoms with Crippen LogP contribution in [0.2, 0.25) is 5.02 Å². The second kappa shape index (κ2) is 6.26. The minimum Gasteiger partial charge on any atom is -0.379 e. The van der Waals surface area contributed by atoms with Crippen LogP contribution in [0.1, 0.15) is 26.7 Å². The van der Waals surface area contributed by atoms with Gasteiger partial charge in [0, 0.05) is 13.2 Å². The lowest BCUT2D eigenvalue weighted by molar-refractivity contribution is 0.0755. The summed E-state index contributed by atoms with van der Waals surface area (Å²) >= 11 is 6.11. The van der Waals surface area contributed by atoms with Gasteiger partial charge in [-0.1, -0.05) is 17.7 Å². The maximum atomic E-state index is 6.11. The zero-order valence-electron chi connectivity index (χ0n) is 11.4. The topological polar surface area (TPSA) is 53.1 Å². The Hall–Kier alpha value is -1.26. The molecule has 0 fully saturated rings. The van der Waals surface area contributed by atoms with Crippen LogP contribution in [0.3, 0.4) is 0 Å². The number of hydrogen-bond acceptors (Lipinski definition) is 3. The van der Waals surface area contributed by atoms with Crippen LogP contribution in [-0.4, -0.2) is 22.3 Å². The Kier molecular flexibility index (Phi) is 4.66. The van der Waals surface area contributed by atoms with Crippen molar-refractivity contribution < 1.29 is 4.74 Å². The first-order valence-electron chi connectivity index (χ1n) is 6.61. The number of nitrogens with zero attached hydrogens (tertiary/aromatic N) is 2. The molecule has 4 nitrogen and oxygen atoms in total. The molecule has 5 heteroatoms. The van der Waals surface area contributed by atoms with E-state index in [2.05, 4.69) is 4.98 Å². The van der Waals surface area contributed by atoms with Crippen molar-refractivity contribution >= 4 is 28.6 Å². The fraction of sp³-hybridized carbons (Fsp3) is 0.500. The van der Waals surface area contributed by atoms with E-state index in [1.54, 1.807) is 0 Å². The van der Waals surface area contributed by atoms with Crippen LogP contribution in [0.5, 0.6) is 0 Å². The number of aryl methyl sites for hydroxylation is 1. The molecule has 2 aromatic rings. The summed E-state index contributed by atoms with van der Waals surface area (Å²) in [4.78, 5) is 4.32. The maximum Gasteiger partial charge on any atom is 0.201 e. The third-order valence-corrected chi connectivity index (χ3v) is 3.29. The summed E-state index contributed by atoms with van der Waals surface area (Å²) in [5.74, 6) is 0.521. The van der Waals surface area contributed by atoms with Crippen molar-refractivity contribution in [3.63, 3.8) is 0 Å². The summed E-state index contributed by atoms with van der Waals surface area (Å²) in [7, 11) is 0. The Morgan fingerprint density at radius 1 is 1.37 bits per heavy atom. The number of fused-ring (bicyclic) bond motifs is 1. The predicted octanol–water partition coefficient (Wildman–Crippen LogP) is 3.48. The van der Waals surface area contributed by atoms with Gasteiger partial charge in [0.05, 0.1) is 16.6 Å².